The van der Waals surface area contributed by atoms with Gasteiger partial charge in [-0.1, -0.05) is 35.9 Å². The van der Waals surface area contributed by atoms with Crippen molar-refractivity contribution >= 4 is 29.3 Å². The fraction of sp³-hybridized carbons (Fsp3) is 0.317. The zero-order valence-electron chi connectivity index (χ0n) is 30.4. The summed E-state index contributed by atoms with van der Waals surface area (Å²) in [6.45, 7) is 0. The second-order valence-corrected chi connectivity index (χ2v) is 14.3. The van der Waals surface area contributed by atoms with E-state index in [9.17, 15) is 45.1 Å². The van der Waals surface area contributed by atoms with E-state index in [0.29, 0.717) is 25.0 Å². The average molecular weight is 815 g/mol. The third-order valence-corrected chi connectivity index (χ3v) is 10.5. The van der Waals surface area contributed by atoms with Gasteiger partial charge in [0.1, 0.15) is 17.2 Å². The van der Waals surface area contributed by atoms with Crippen LogP contribution in [-0.4, -0.2) is 42.2 Å². The number of nitrogens with one attached hydrogen (secondary N) is 3. The molecule has 0 spiro atoms. The number of anilines is 2. The molecule has 3 N–H and O–H groups in total. The molecule has 5 atom stereocenters. The lowest BCUT2D eigenvalue weighted by molar-refractivity contribution is -0.205. The minimum absolute atomic E-state index is 0.145. The Morgan fingerprint density at radius 2 is 1.53 bits per heavy atom. The monoisotopic (exact) mass is 814 g/mol. The average Bonchev–Trinajstić information content (AvgIpc) is 3.85. The lowest BCUT2D eigenvalue weighted by Crippen LogP contribution is -2.48. The summed E-state index contributed by atoms with van der Waals surface area (Å²) in [5.41, 5.74) is -2.21. The maximum absolute atomic E-state index is 15.4. The van der Waals surface area contributed by atoms with Crippen molar-refractivity contribution in [2.45, 2.75) is 50.2 Å². The van der Waals surface area contributed by atoms with Crippen LogP contribution in [-0.2, 0) is 15.7 Å². The number of benzene rings is 3. The minimum Gasteiger partial charge on any atom is -0.480 e. The number of ether oxygens (including phenoxy) is 2. The van der Waals surface area contributed by atoms with Crippen LogP contribution in [0.2, 0.25) is 0 Å². The van der Waals surface area contributed by atoms with Crippen LogP contribution >= 0.6 is 0 Å². The molecule has 0 aliphatic heterocycles. The number of para-hydroxylation sites is 1. The molecule has 1 aromatic heterocycles. The van der Waals surface area contributed by atoms with E-state index in [2.05, 4.69) is 27.0 Å². The molecule has 3 aromatic carbocycles. The molecular formula is C41H34F8N4O5. The Hall–Kier alpha value is -6.00. The van der Waals surface area contributed by atoms with Crippen LogP contribution in [0.25, 0.3) is 11.1 Å². The number of nitrogens with zero attached hydrogens (tertiary/aromatic N) is 1. The SMILES string of the molecule is COc1ncc(-c2cc([C@H](OC(=O)Nc3ccccc3)C(F)(F)F)ccc2F)cc1C(=O)N[C@@H]1C2CCC(/C2=C/C2CC2)[C@@H]1C(=O)Nc1ccc(F)c(C(F)(F)F)c1. The number of allylic oxidation sites excluding steroid dienone is 1. The molecule has 3 saturated carbocycles. The molecule has 0 saturated heterocycles. The molecule has 58 heavy (non-hydrogen) atoms. The van der Waals surface area contributed by atoms with Gasteiger partial charge in [-0.3, -0.25) is 14.9 Å². The van der Waals surface area contributed by atoms with Crippen LogP contribution in [0.4, 0.5) is 51.3 Å². The van der Waals surface area contributed by atoms with Crippen LogP contribution in [0.3, 0.4) is 0 Å². The van der Waals surface area contributed by atoms with Crippen molar-refractivity contribution in [1.29, 1.82) is 0 Å². The minimum atomic E-state index is -5.13. The van der Waals surface area contributed by atoms with Crippen molar-refractivity contribution in [3.63, 3.8) is 0 Å². The first-order valence-electron chi connectivity index (χ1n) is 18.1. The topological polar surface area (TPSA) is 119 Å². The first kappa shape index (κ1) is 40.2. The van der Waals surface area contributed by atoms with Gasteiger partial charge in [0.15, 0.2) is 0 Å². The lowest BCUT2D eigenvalue weighted by atomic mass is 9.83. The lowest BCUT2D eigenvalue weighted by Gasteiger charge is -2.30. The van der Waals surface area contributed by atoms with E-state index < -0.39 is 76.6 Å². The van der Waals surface area contributed by atoms with Crippen LogP contribution in [0.5, 0.6) is 5.88 Å². The predicted molar refractivity (Wildman–Crippen MR) is 193 cm³/mol. The molecule has 2 unspecified atom stereocenters. The van der Waals surface area contributed by atoms with Crippen molar-refractivity contribution in [1.82, 2.24) is 10.3 Å². The highest BCUT2D eigenvalue weighted by Gasteiger charge is 2.55. The van der Waals surface area contributed by atoms with E-state index in [1.54, 1.807) is 18.2 Å². The fourth-order valence-electron chi connectivity index (χ4n) is 7.79. The number of alkyl halides is 6. The molecule has 3 aliphatic rings. The molecule has 3 amide bonds. The molecule has 3 fully saturated rings. The van der Waals surface area contributed by atoms with Crippen molar-refractivity contribution < 1.29 is 59.0 Å². The summed E-state index contributed by atoms with van der Waals surface area (Å²) in [6.07, 6.45) is -8.19. The summed E-state index contributed by atoms with van der Waals surface area (Å²) in [4.78, 5) is 44.6. The zero-order chi connectivity index (χ0) is 41.5. The summed E-state index contributed by atoms with van der Waals surface area (Å²) >= 11 is 0. The van der Waals surface area contributed by atoms with Gasteiger partial charge in [-0.05, 0) is 86.1 Å². The Morgan fingerprint density at radius 3 is 2.21 bits per heavy atom. The molecule has 4 aromatic rings. The summed E-state index contributed by atoms with van der Waals surface area (Å²) < 4.78 is 123. The number of fused-ring (bicyclic) bond motifs is 2. The number of pyridine rings is 1. The van der Waals surface area contributed by atoms with E-state index in [-0.39, 0.29) is 46.1 Å². The Kier molecular flexibility index (Phi) is 10.9. The zero-order valence-corrected chi connectivity index (χ0v) is 30.4. The third-order valence-electron chi connectivity index (χ3n) is 10.5. The van der Waals surface area contributed by atoms with Gasteiger partial charge in [0.05, 0.1) is 18.6 Å². The van der Waals surface area contributed by atoms with Crippen molar-refractivity contribution in [3.8, 4) is 17.0 Å². The summed E-state index contributed by atoms with van der Waals surface area (Å²) in [7, 11) is 1.20. The second-order valence-electron chi connectivity index (χ2n) is 14.3. The van der Waals surface area contributed by atoms with Crippen LogP contribution in [0.15, 0.2) is 90.6 Å². The molecule has 2 bridgehead atoms. The number of carbonyl (C=O) groups excluding carboxylic acids is 3. The van der Waals surface area contributed by atoms with Gasteiger partial charge < -0.3 is 20.1 Å². The number of methoxy groups -OCH3 is 1. The van der Waals surface area contributed by atoms with Crippen molar-refractivity contribution in [2.75, 3.05) is 17.7 Å². The van der Waals surface area contributed by atoms with E-state index >= 15 is 4.39 Å². The number of hydrogen-bond acceptors (Lipinski definition) is 6. The maximum Gasteiger partial charge on any atom is 0.429 e. The highest BCUT2D eigenvalue weighted by atomic mass is 19.4. The first-order chi connectivity index (χ1) is 27.5. The smallest absolute Gasteiger partial charge is 0.429 e. The van der Waals surface area contributed by atoms with Gasteiger partial charge in [-0.15, -0.1) is 0 Å². The Morgan fingerprint density at radius 1 is 0.828 bits per heavy atom. The van der Waals surface area contributed by atoms with E-state index in [1.165, 1.54) is 19.2 Å². The third kappa shape index (κ3) is 8.48. The summed E-state index contributed by atoms with van der Waals surface area (Å²) in [5, 5.41) is 7.54. The van der Waals surface area contributed by atoms with Crippen LogP contribution in [0.1, 0.15) is 53.3 Å². The van der Waals surface area contributed by atoms with Gasteiger partial charge in [0.2, 0.25) is 17.9 Å². The van der Waals surface area contributed by atoms with Crippen LogP contribution < -0.4 is 20.7 Å². The maximum atomic E-state index is 15.4. The second kappa shape index (κ2) is 15.7. The number of rotatable bonds is 10. The van der Waals surface area contributed by atoms with Crippen molar-refractivity contribution in [3.05, 3.63) is 119 Å². The highest BCUT2D eigenvalue weighted by Crippen LogP contribution is 2.54. The largest absolute Gasteiger partial charge is 0.480 e. The molecular weight excluding hydrogens is 780 g/mol. The van der Waals surface area contributed by atoms with E-state index in [1.807, 2.05) is 0 Å². The molecule has 17 heteroatoms. The van der Waals surface area contributed by atoms with Gasteiger partial charge in [-0.2, -0.15) is 26.3 Å². The Bertz CT molecular complexity index is 2260. The Balaban J connectivity index is 1.17. The number of aromatic nitrogens is 1. The number of hydrogen-bond donors (Lipinski definition) is 3. The number of carbonyl (C=O) groups is 3. The molecule has 3 aliphatic carbocycles. The quantitative estimate of drug-likeness (QED) is 0.108. The van der Waals surface area contributed by atoms with Crippen molar-refractivity contribution in [2.24, 2.45) is 23.7 Å². The predicted octanol–water partition coefficient (Wildman–Crippen LogP) is 9.64. The number of amides is 3. The standard InChI is InChI=1S/C41H34F8N4O5/c1-57-38-29(17-22(19-50-38)27-16-21(9-13-31(27)42)35(41(47,48)49)58-39(56)52-23-5-3-2-4-6-23)36(54)53-34-26-12-11-25(28(26)15-20-7-8-20)33(34)37(55)51-24-10-14-32(43)30(18-24)40(44,45)46/h2-6,9-10,13-20,25-26,33-35H,7-8,11-12H2,1H3,(H,51,55)(H,52,56)(H,53,54)/b28-15-/t25?,26?,33-,34+,35-/m0/s1. The molecule has 0 radical (unpaired) electrons. The van der Waals surface area contributed by atoms with E-state index in [0.717, 1.165) is 54.9 Å². The molecule has 9 nitrogen and oxygen atoms in total. The number of halogens is 8. The summed E-state index contributed by atoms with van der Waals surface area (Å²) in [5.74, 6) is -5.63. The normalized spacial score (nSPS) is 21.4. The molecule has 304 valence electrons. The highest BCUT2D eigenvalue weighted by molar-refractivity contribution is 5.99. The summed E-state index contributed by atoms with van der Waals surface area (Å²) in [6, 6.07) is 12.3. The van der Waals surface area contributed by atoms with Gasteiger partial charge in [0.25, 0.3) is 5.91 Å². The van der Waals surface area contributed by atoms with E-state index in [4.69, 9.17) is 9.47 Å². The molecule has 1 heterocycles. The van der Waals surface area contributed by atoms with Gasteiger partial charge in [0, 0.05) is 46.2 Å². The van der Waals surface area contributed by atoms with Crippen LogP contribution in [0, 0.1) is 35.3 Å². The first-order valence-corrected chi connectivity index (χ1v) is 18.1. The fourth-order valence-corrected chi connectivity index (χ4v) is 7.79. The van der Waals surface area contributed by atoms with Gasteiger partial charge in [-0.25, -0.2) is 18.6 Å². The molecule has 7 rings (SSSR count). The Labute approximate surface area is 325 Å². The van der Waals surface area contributed by atoms with Gasteiger partial charge >= 0.3 is 18.4 Å².